The predicted octanol–water partition coefficient (Wildman–Crippen LogP) is 4.93. The molecule has 1 heterocycles. The van der Waals surface area contributed by atoms with E-state index in [0.717, 1.165) is 57.8 Å². The summed E-state index contributed by atoms with van der Waals surface area (Å²) < 4.78 is 17.6. The quantitative estimate of drug-likeness (QED) is 0.528. The minimum Gasteiger partial charge on any atom is -0.451 e. The SMILES string of the molecule is CC(=O)O[C@]1(C(=O)COC2CCCCO2)CC[C@H]2[C@@H]3CCC4=CC(=O)CC[C@]4(C)[C@H]3CC[C@@]21C. The van der Waals surface area contributed by atoms with E-state index >= 15 is 0 Å². The van der Waals surface area contributed by atoms with Crippen molar-refractivity contribution >= 4 is 17.5 Å². The van der Waals surface area contributed by atoms with Gasteiger partial charge in [0.2, 0.25) is 5.78 Å². The predicted molar refractivity (Wildman–Crippen MR) is 126 cm³/mol. The second-order valence-corrected chi connectivity index (χ2v) is 11.9. The maximum atomic E-state index is 13.8. The molecule has 5 aliphatic rings. The second-order valence-electron chi connectivity index (χ2n) is 11.9. The molecule has 0 radical (unpaired) electrons. The summed E-state index contributed by atoms with van der Waals surface area (Å²) in [5.41, 5.74) is -0.0934. The summed E-state index contributed by atoms with van der Waals surface area (Å²) in [6.45, 7) is 6.57. The monoisotopic (exact) mass is 472 g/mol. The number of hydrogen-bond acceptors (Lipinski definition) is 6. The average Bonchev–Trinajstić information content (AvgIpc) is 3.11. The molecule has 1 saturated heterocycles. The van der Waals surface area contributed by atoms with Gasteiger partial charge < -0.3 is 14.2 Å². The van der Waals surface area contributed by atoms with Gasteiger partial charge in [0.15, 0.2) is 17.7 Å². The van der Waals surface area contributed by atoms with E-state index in [1.165, 1.54) is 12.5 Å². The summed E-state index contributed by atoms with van der Waals surface area (Å²) in [4.78, 5) is 38.2. The van der Waals surface area contributed by atoms with Crippen molar-refractivity contribution in [3.8, 4) is 0 Å². The Bertz CT molecular complexity index is 887. The lowest BCUT2D eigenvalue weighted by Crippen LogP contribution is -2.60. The standard InChI is InChI=1S/C28H40O6/c1-18(29)34-28(24(31)17-33-25-6-4-5-15-32-25)14-11-23-21-8-7-19-16-20(30)9-12-26(19,2)22(21)10-13-27(23,28)3/h16,21-23,25H,4-15,17H2,1-3H3/t21-,22+,23+,25?,26+,27+,28+/m1/s1. The Morgan fingerprint density at radius 2 is 1.82 bits per heavy atom. The molecule has 0 spiro atoms. The third-order valence-corrected chi connectivity index (χ3v) is 10.4. The van der Waals surface area contributed by atoms with Crippen molar-refractivity contribution in [2.24, 2.45) is 28.6 Å². The minimum absolute atomic E-state index is 0.0684. The van der Waals surface area contributed by atoms with Crippen molar-refractivity contribution in [1.29, 1.82) is 0 Å². The highest BCUT2D eigenvalue weighted by Gasteiger charge is 2.68. The molecule has 6 heteroatoms. The van der Waals surface area contributed by atoms with Crippen LogP contribution < -0.4 is 0 Å². The summed E-state index contributed by atoms with van der Waals surface area (Å²) in [5.74, 6) is 1.12. The Morgan fingerprint density at radius 1 is 1.03 bits per heavy atom. The Hall–Kier alpha value is -1.53. The fourth-order valence-electron chi connectivity index (χ4n) is 8.61. The van der Waals surface area contributed by atoms with Crippen molar-refractivity contribution in [2.75, 3.05) is 13.2 Å². The lowest BCUT2D eigenvalue weighted by atomic mass is 9.46. The van der Waals surface area contributed by atoms with Crippen molar-refractivity contribution in [3.63, 3.8) is 0 Å². The first-order valence-corrected chi connectivity index (χ1v) is 13.4. The summed E-state index contributed by atoms with van der Waals surface area (Å²) >= 11 is 0. The van der Waals surface area contributed by atoms with Crippen LogP contribution in [0.15, 0.2) is 11.6 Å². The lowest BCUT2D eigenvalue weighted by molar-refractivity contribution is -0.200. The Morgan fingerprint density at radius 3 is 2.56 bits per heavy atom. The van der Waals surface area contributed by atoms with E-state index in [1.807, 2.05) is 6.08 Å². The van der Waals surface area contributed by atoms with Gasteiger partial charge in [0, 0.05) is 25.4 Å². The normalized spacial score (nSPS) is 43.9. The topological polar surface area (TPSA) is 78.9 Å². The summed E-state index contributed by atoms with van der Waals surface area (Å²) in [5, 5.41) is 0. The summed E-state index contributed by atoms with van der Waals surface area (Å²) in [6, 6.07) is 0. The Kier molecular flexibility index (Phi) is 6.29. The number of allylic oxidation sites excluding steroid dienone is 1. The molecule has 0 aromatic carbocycles. The number of rotatable bonds is 5. The van der Waals surface area contributed by atoms with Gasteiger partial charge in [-0.1, -0.05) is 19.4 Å². The molecular formula is C28H40O6. The van der Waals surface area contributed by atoms with Crippen LogP contribution in [0.1, 0.15) is 91.4 Å². The lowest BCUT2D eigenvalue weighted by Gasteiger charge is -2.59. The number of ketones is 2. The molecule has 4 aliphatic carbocycles. The zero-order valence-electron chi connectivity index (χ0n) is 21.0. The largest absolute Gasteiger partial charge is 0.451 e. The smallest absolute Gasteiger partial charge is 0.303 e. The van der Waals surface area contributed by atoms with E-state index in [9.17, 15) is 14.4 Å². The molecule has 7 atom stereocenters. The van der Waals surface area contributed by atoms with Crippen molar-refractivity contribution in [3.05, 3.63) is 11.6 Å². The van der Waals surface area contributed by atoms with Gasteiger partial charge >= 0.3 is 5.97 Å². The highest BCUT2D eigenvalue weighted by atomic mass is 16.7. The first-order chi connectivity index (χ1) is 16.2. The molecule has 6 nitrogen and oxygen atoms in total. The molecule has 188 valence electrons. The third-order valence-electron chi connectivity index (χ3n) is 10.4. The van der Waals surface area contributed by atoms with Crippen LogP contribution in [0.4, 0.5) is 0 Å². The molecule has 0 aromatic heterocycles. The van der Waals surface area contributed by atoms with Gasteiger partial charge in [0.05, 0.1) is 0 Å². The van der Waals surface area contributed by atoms with Crippen molar-refractivity contribution < 1.29 is 28.6 Å². The number of carbonyl (C=O) groups is 3. The Labute approximate surface area is 203 Å². The molecule has 0 aromatic rings. The molecule has 1 aliphatic heterocycles. The van der Waals surface area contributed by atoms with Crippen LogP contribution in [-0.4, -0.2) is 42.6 Å². The van der Waals surface area contributed by atoms with Crippen LogP contribution in [0.2, 0.25) is 0 Å². The molecule has 34 heavy (non-hydrogen) atoms. The van der Waals surface area contributed by atoms with Crippen LogP contribution in [0.25, 0.3) is 0 Å². The molecular weight excluding hydrogens is 432 g/mol. The van der Waals surface area contributed by atoms with Crippen molar-refractivity contribution in [1.82, 2.24) is 0 Å². The van der Waals surface area contributed by atoms with E-state index < -0.39 is 17.0 Å². The highest BCUT2D eigenvalue weighted by molar-refractivity contribution is 5.92. The maximum Gasteiger partial charge on any atom is 0.303 e. The van der Waals surface area contributed by atoms with E-state index in [0.29, 0.717) is 37.2 Å². The molecule has 0 amide bonds. The molecule has 0 bridgehead atoms. The van der Waals surface area contributed by atoms with Crippen LogP contribution in [-0.2, 0) is 28.6 Å². The van der Waals surface area contributed by atoms with Crippen molar-refractivity contribution in [2.45, 2.75) is 103 Å². The fraction of sp³-hybridized carbons (Fsp3) is 0.821. The van der Waals surface area contributed by atoms with Crippen LogP contribution in [0.5, 0.6) is 0 Å². The summed E-state index contributed by atoms with van der Waals surface area (Å²) in [7, 11) is 0. The third kappa shape index (κ3) is 3.71. The number of esters is 1. The van der Waals surface area contributed by atoms with Gasteiger partial charge in [0.25, 0.3) is 0 Å². The number of Topliss-reactive ketones (excluding diaryl/α,β-unsaturated/α-hetero) is 1. The van der Waals surface area contributed by atoms with Crippen LogP contribution in [0, 0.1) is 28.6 Å². The number of fused-ring (bicyclic) bond motifs is 5. The van der Waals surface area contributed by atoms with Crippen LogP contribution >= 0.6 is 0 Å². The fourth-order valence-corrected chi connectivity index (χ4v) is 8.61. The number of hydrogen-bond donors (Lipinski definition) is 0. The minimum atomic E-state index is -1.12. The van der Waals surface area contributed by atoms with E-state index in [2.05, 4.69) is 13.8 Å². The molecule has 0 N–H and O–H groups in total. The van der Waals surface area contributed by atoms with Gasteiger partial charge in [-0.15, -0.1) is 0 Å². The van der Waals surface area contributed by atoms with Crippen LogP contribution in [0.3, 0.4) is 0 Å². The molecule has 1 unspecified atom stereocenters. The molecule has 5 rings (SSSR count). The number of ether oxygens (including phenoxy) is 3. The van der Waals surface area contributed by atoms with E-state index in [1.54, 1.807) is 0 Å². The zero-order valence-corrected chi connectivity index (χ0v) is 21.0. The second kappa shape index (κ2) is 8.85. The number of carbonyl (C=O) groups excluding carboxylic acids is 3. The van der Waals surface area contributed by atoms with E-state index in [4.69, 9.17) is 14.2 Å². The Balaban J connectivity index is 1.40. The van der Waals surface area contributed by atoms with Gasteiger partial charge in [-0.25, -0.2) is 0 Å². The first kappa shape index (κ1) is 24.2. The van der Waals surface area contributed by atoms with E-state index in [-0.39, 0.29) is 29.9 Å². The highest BCUT2D eigenvalue weighted by Crippen LogP contribution is 2.68. The van der Waals surface area contributed by atoms with Gasteiger partial charge in [-0.2, -0.15) is 0 Å². The first-order valence-electron chi connectivity index (χ1n) is 13.4. The van der Waals surface area contributed by atoms with Gasteiger partial charge in [0.1, 0.15) is 6.61 Å². The molecule has 4 fully saturated rings. The zero-order chi connectivity index (χ0) is 24.1. The summed E-state index contributed by atoms with van der Waals surface area (Å²) in [6.07, 6.45) is 11.4. The molecule has 3 saturated carbocycles. The average molecular weight is 473 g/mol. The van der Waals surface area contributed by atoms with Gasteiger partial charge in [-0.05, 0) is 93.5 Å². The maximum absolute atomic E-state index is 13.8. The van der Waals surface area contributed by atoms with Gasteiger partial charge in [-0.3, -0.25) is 14.4 Å².